The zero-order valence-electron chi connectivity index (χ0n) is 27.1. The standard InChI is InChI=1S/C37H42F2N6O2/c1-2-3-20-47-36(46)45-25-12-13-26(45)23-43(22-25)35-28-21-40-33(27-10-4-8-24-9-5-11-29(38)31(24)27)32(39)34(28)41-30(42-35)14-17-37-15-6-18-44(37)19-7-16-37/h4-5,8-11,21,25-26H,2-3,6-7,12-20,22-23H2,1H3. The summed E-state index contributed by atoms with van der Waals surface area (Å²) in [6.45, 7) is 5.96. The molecule has 4 fully saturated rings. The average Bonchev–Trinajstić information content (AvgIpc) is 3.74. The maximum absolute atomic E-state index is 16.8. The van der Waals surface area contributed by atoms with E-state index in [1.165, 1.54) is 31.7 Å². The molecular formula is C37H42F2N6O2. The number of carbonyl (C=O) groups excluding carboxylic acids is 1. The number of rotatable bonds is 8. The van der Waals surface area contributed by atoms with E-state index >= 15 is 8.78 Å². The highest BCUT2D eigenvalue weighted by Crippen LogP contribution is 2.43. The van der Waals surface area contributed by atoms with Crippen LogP contribution in [-0.4, -0.2) is 81.3 Å². The number of anilines is 1. The van der Waals surface area contributed by atoms with E-state index in [0.717, 1.165) is 45.2 Å². The third-order valence-electron chi connectivity index (χ3n) is 11.2. The van der Waals surface area contributed by atoms with Crippen molar-refractivity contribution < 1.29 is 18.3 Å². The number of amides is 1. The fourth-order valence-electron chi connectivity index (χ4n) is 8.85. The number of halogens is 2. The molecule has 8 rings (SSSR count). The van der Waals surface area contributed by atoms with E-state index in [1.807, 2.05) is 17.0 Å². The predicted molar refractivity (Wildman–Crippen MR) is 178 cm³/mol. The van der Waals surface area contributed by atoms with Gasteiger partial charge in [-0.05, 0) is 75.9 Å². The fourth-order valence-corrected chi connectivity index (χ4v) is 8.85. The molecule has 0 saturated carbocycles. The van der Waals surface area contributed by atoms with Crippen molar-refractivity contribution in [2.75, 3.05) is 37.7 Å². The molecule has 2 atom stereocenters. The number of benzene rings is 2. The van der Waals surface area contributed by atoms with Gasteiger partial charge in [0.2, 0.25) is 0 Å². The van der Waals surface area contributed by atoms with E-state index < -0.39 is 11.6 Å². The van der Waals surface area contributed by atoms with Crippen molar-refractivity contribution >= 4 is 33.6 Å². The topological polar surface area (TPSA) is 74.7 Å². The Labute approximate surface area is 274 Å². The van der Waals surface area contributed by atoms with Crippen LogP contribution in [0.1, 0.15) is 70.5 Å². The van der Waals surface area contributed by atoms with E-state index in [1.54, 1.807) is 24.4 Å². The minimum Gasteiger partial charge on any atom is -0.449 e. The lowest BCUT2D eigenvalue weighted by Gasteiger charge is -2.41. The van der Waals surface area contributed by atoms with Gasteiger partial charge in [0.15, 0.2) is 5.82 Å². The molecule has 2 aromatic heterocycles. The largest absolute Gasteiger partial charge is 0.449 e. The first-order valence-corrected chi connectivity index (χ1v) is 17.4. The lowest BCUT2D eigenvalue weighted by molar-refractivity contribution is 0.0776. The van der Waals surface area contributed by atoms with Crippen LogP contribution in [0.15, 0.2) is 42.6 Å². The molecule has 47 heavy (non-hydrogen) atoms. The third kappa shape index (κ3) is 5.29. The van der Waals surface area contributed by atoms with Crippen molar-refractivity contribution in [3.05, 3.63) is 60.1 Å². The average molecular weight is 641 g/mol. The van der Waals surface area contributed by atoms with Gasteiger partial charge in [0.25, 0.3) is 0 Å². The van der Waals surface area contributed by atoms with Crippen LogP contribution in [0.3, 0.4) is 0 Å². The zero-order valence-corrected chi connectivity index (χ0v) is 27.1. The van der Waals surface area contributed by atoms with Gasteiger partial charge in [0, 0.05) is 42.2 Å². The van der Waals surface area contributed by atoms with Gasteiger partial charge in [-0.15, -0.1) is 0 Å². The number of carbonyl (C=O) groups is 1. The van der Waals surface area contributed by atoms with Gasteiger partial charge in [-0.25, -0.2) is 23.5 Å². The van der Waals surface area contributed by atoms with Crippen LogP contribution < -0.4 is 4.90 Å². The van der Waals surface area contributed by atoms with Gasteiger partial charge in [-0.3, -0.25) is 14.8 Å². The fraction of sp³-hybridized carbons (Fsp3) is 0.514. The van der Waals surface area contributed by atoms with Gasteiger partial charge in [0.05, 0.1) is 24.1 Å². The first-order valence-electron chi connectivity index (χ1n) is 17.4. The first kappa shape index (κ1) is 30.4. The number of nitrogens with zero attached hydrogens (tertiary/aromatic N) is 6. The number of piperazine rings is 1. The molecule has 4 aliphatic heterocycles. The van der Waals surface area contributed by atoms with Gasteiger partial charge in [0.1, 0.15) is 28.7 Å². The molecule has 2 aromatic carbocycles. The summed E-state index contributed by atoms with van der Waals surface area (Å²) in [4.78, 5) is 34.4. The van der Waals surface area contributed by atoms with Crippen molar-refractivity contribution in [2.45, 2.75) is 88.8 Å². The number of pyridine rings is 1. The monoisotopic (exact) mass is 640 g/mol. The van der Waals surface area contributed by atoms with E-state index in [0.29, 0.717) is 59.5 Å². The summed E-state index contributed by atoms with van der Waals surface area (Å²) in [6, 6.07) is 10.2. The quantitative estimate of drug-likeness (QED) is 0.188. The van der Waals surface area contributed by atoms with Crippen molar-refractivity contribution in [1.29, 1.82) is 0 Å². The summed E-state index contributed by atoms with van der Waals surface area (Å²) < 4.78 is 37.6. The molecule has 0 N–H and O–H groups in total. The normalized spacial score (nSPS) is 22.0. The Kier molecular flexibility index (Phi) is 7.94. The summed E-state index contributed by atoms with van der Waals surface area (Å²) in [6.07, 6.45) is 11.4. The van der Waals surface area contributed by atoms with Crippen LogP contribution in [0.25, 0.3) is 32.9 Å². The Hall–Kier alpha value is -3.92. The Bertz CT molecular complexity index is 1800. The molecule has 4 aliphatic rings. The second-order valence-corrected chi connectivity index (χ2v) is 13.9. The molecule has 10 heteroatoms. The number of aromatic nitrogens is 3. The lowest BCUT2D eigenvalue weighted by atomic mass is 9.88. The van der Waals surface area contributed by atoms with Crippen molar-refractivity contribution in [3.63, 3.8) is 0 Å². The second kappa shape index (κ2) is 12.3. The van der Waals surface area contributed by atoms with Gasteiger partial charge in [-0.1, -0.05) is 43.7 Å². The van der Waals surface area contributed by atoms with E-state index in [2.05, 4.69) is 21.7 Å². The van der Waals surface area contributed by atoms with Crippen LogP contribution in [0.4, 0.5) is 19.4 Å². The summed E-state index contributed by atoms with van der Waals surface area (Å²) in [7, 11) is 0. The molecule has 4 saturated heterocycles. The van der Waals surface area contributed by atoms with Crippen LogP contribution in [0.2, 0.25) is 0 Å². The maximum Gasteiger partial charge on any atom is 0.410 e. The predicted octanol–water partition coefficient (Wildman–Crippen LogP) is 7.27. The Morgan fingerprint density at radius 2 is 1.77 bits per heavy atom. The van der Waals surface area contributed by atoms with Crippen LogP contribution in [0, 0.1) is 11.6 Å². The highest BCUT2D eigenvalue weighted by Gasteiger charge is 2.45. The van der Waals surface area contributed by atoms with Gasteiger partial charge in [-0.2, -0.15) is 0 Å². The van der Waals surface area contributed by atoms with Crippen molar-refractivity contribution in [1.82, 2.24) is 24.8 Å². The molecule has 2 unspecified atom stereocenters. The van der Waals surface area contributed by atoms with Crippen molar-refractivity contribution in [2.24, 2.45) is 0 Å². The zero-order chi connectivity index (χ0) is 32.1. The van der Waals surface area contributed by atoms with Gasteiger partial charge < -0.3 is 9.64 Å². The molecule has 246 valence electrons. The number of ether oxygens (including phenoxy) is 1. The molecule has 8 nitrogen and oxygen atoms in total. The van der Waals surface area contributed by atoms with E-state index in [9.17, 15) is 4.79 Å². The Morgan fingerprint density at radius 1 is 1.02 bits per heavy atom. The number of hydrogen-bond donors (Lipinski definition) is 0. The van der Waals surface area contributed by atoms with Crippen molar-refractivity contribution in [3.8, 4) is 11.3 Å². The molecule has 2 bridgehead atoms. The summed E-state index contributed by atoms with van der Waals surface area (Å²) in [5.74, 6) is 0.303. The highest BCUT2D eigenvalue weighted by molar-refractivity contribution is 5.99. The van der Waals surface area contributed by atoms with E-state index in [-0.39, 0.29) is 34.9 Å². The van der Waals surface area contributed by atoms with Crippen LogP contribution in [-0.2, 0) is 11.2 Å². The number of unbranched alkanes of at least 4 members (excludes halogenated alkanes) is 1. The molecule has 0 spiro atoms. The summed E-state index contributed by atoms with van der Waals surface area (Å²) >= 11 is 0. The Morgan fingerprint density at radius 3 is 2.51 bits per heavy atom. The second-order valence-electron chi connectivity index (χ2n) is 13.9. The highest BCUT2D eigenvalue weighted by atomic mass is 19.1. The van der Waals surface area contributed by atoms with Gasteiger partial charge >= 0.3 is 6.09 Å². The van der Waals surface area contributed by atoms with E-state index in [4.69, 9.17) is 14.7 Å². The molecule has 0 aliphatic carbocycles. The third-order valence-corrected chi connectivity index (χ3v) is 11.2. The SMILES string of the molecule is CCCCOC(=O)N1C2CCC1CN(c1nc(CCC34CCCN3CCC4)nc3c(F)c(-c4cccc5cccc(F)c45)ncc13)C2. The van der Waals surface area contributed by atoms with Crippen LogP contribution in [0.5, 0.6) is 0 Å². The number of fused-ring (bicyclic) bond motifs is 5. The minimum absolute atomic E-state index is 0.00324. The number of hydrogen-bond acceptors (Lipinski definition) is 7. The molecule has 4 aromatic rings. The molecular weight excluding hydrogens is 598 g/mol. The lowest BCUT2D eigenvalue weighted by Crippen LogP contribution is -2.56. The van der Waals surface area contributed by atoms with Crippen LogP contribution >= 0.6 is 0 Å². The molecule has 0 radical (unpaired) electrons. The Balaban J connectivity index is 1.18. The smallest absolute Gasteiger partial charge is 0.410 e. The maximum atomic E-state index is 16.8. The summed E-state index contributed by atoms with van der Waals surface area (Å²) in [5.41, 5.74) is 0.884. The number of aryl methyl sites for hydroxylation is 1. The molecule has 6 heterocycles. The summed E-state index contributed by atoms with van der Waals surface area (Å²) in [5, 5.41) is 1.57. The first-order chi connectivity index (χ1) is 23.0. The molecule has 1 amide bonds. The minimum atomic E-state index is -0.564.